The predicted molar refractivity (Wildman–Crippen MR) is 151 cm³/mol. The topological polar surface area (TPSA) is 39.3 Å². The van der Waals surface area contributed by atoms with E-state index in [2.05, 4.69) is 83.5 Å². The van der Waals surface area contributed by atoms with Crippen LogP contribution in [0.15, 0.2) is 91.0 Å². The van der Waals surface area contributed by atoms with E-state index in [1.807, 2.05) is 36.4 Å². The Bertz CT molecular complexity index is 1430. The summed E-state index contributed by atoms with van der Waals surface area (Å²) in [5.41, 5.74) is 5.86. The quantitative estimate of drug-likeness (QED) is 0.333. The van der Waals surface area contributed by atoms with Crippen molar-refractivity contribution in [1.82, 2.24) is 14.8 Å². The van der Waals surface area contributed by atoms with Crippen LogP contribution in [0.3, 0.4) is 0 Å². The predicted octanol–water partition coefficient (Wildman–Crippen LogP) is 6.49. The summed E-state index contributed by atoms with van der Waals surface area (Å²) >= 11 is 0. The third-order valence-electron chi connectivity index (χ3n) is 8.94. The largest absolute Gasteiger partial charge is 0.356 e. The van der Waals surface area contributed by atoms with Crippen LogP contribution in [0.2, 0.25) is 0 Å². The number of aromatic amines is 1. The van der Waals surface area contributed by atoms with E-state index in [0.29, 0.717) is 0 Å². The molecule has 0 bridgehead atoms. The van der Waals surface area contributed by atoms with Gasteiger partial charge in [-0.15, -0.1) is 0 Å². The van der Waals surface area contributed by atoms with E-state index in [1.54, 1.807) is 6.08 Å². The van der Waals surface area contributed by atoms with Crippen LogP contribution >= 0.6 is 0 Å². The Kier molecular flexibility index (Phi) is 6.00. The summed E-state index contributed by atoms with van der Waals surface area (Å²) in [6, 6.07) is 29.6. The van der Waals surface area contributed by atoms with Crippen LogP contribution < -0.4 is 0 Å². The van der Waals surface area contributed by atoms with Gasteiger partial charge < -0.3 is 9.88 Å². The van der Waals surface area contributed by atoms with E-state index in [9.17, 15) is 4.79 Å². The minimum Gasteiger partial charge on any atom is -0.356 e. The van der Waals surface area contributed by atoms with Crippen molar-refractivity contribution in [2.45, 2.75) is 43.2 Å². The maximum absolute atomic E-state index is 13.8. The summed E-state index contributed by atoms with van der Waals surface area (Å²) in [7, 11) is 4.40. The zero-order valence-electron chi connectivity index (χ0n) is 21.8. The molecule has 1 aliphatic heterocycles. The fourth-order valence-corrected chi connectivity index (χ4v) is 6.91. The Labute approximate surface area is 219 Å². The number of nitrogens with zero attached hydrogens (tertiary/aromatic N) is 2. The van der Waals surface area contributed by atoms with E-state index in [4.69, 9.17) is 0 Å². The second-order valence-electron chi connectivity index (χ2n) is 10.8. The van der Waals surface area contributed by atoms with Crippen LogP contribution in [-0.2, 0) is 22.3 Å². The van der Waals surface area contributed by atoms with E-state index in [0.717, 1.165) is 44.2 Å². The van der Waals surface area contributed by atoms with Gasteiger partial charge in [-0.05, 0) is 75.0 Å². The molecule has 37 heavy (non-hydrogen) atoms. The molecule has 1 spiro atoms. The SMILES string of the molecule is CN(C)C1(c2ccccc2)CCC2(CC1)c1[nH]c3ccccc3c1CCN2C(=O)C=Cc1ccccc1. The van der Waals surface area contributed by atoms with E-state index in [1.165, 1.54) is 27.7 Å². The second kappa shape index (κ2) is 9.35. The molecule has 4 aromatic rings. The first kappa shape index (κ1) is 23.7. The van der Waals surface area contributed by atoms with Crippen molar-refractivity contribution in [3.05, 3.63) is 113 Å². The number of rotatable bonds is 4. The van der Waals surface area contributed by atoms with Gasteiger partial charge in [0.25, 0.3) is 0 Å². The molecule has 0 radical (unpaired) electrons. The van der Waals surface area contributed by atoms with Gasteiger partial charge in [0.05, 0.1) is 5.54 Å². The lowest BCUT2D eigenvalue weighted by Crippen LogP contribution is -2.58. The Morgan fingerprint density at radius 2 is 1.51 bits per heavy atom. The number of carbonyl (C=O) groups excluding carboxylic acids is 1. The van der Waals surface area contributed by atoms with Gasteiger partial charge in [0, 0.05) is 34.8 Å². The van der Waals surface area contributed by atoms with E-state index in [-0.39, 0.29) is 17.0 Å². The monoisotopic (exact) mass is 489 g/mol. The molecule has 1 aromatic heterocycles. The van der Waals surface area contributed by atoms with Crippen LogP contribution in [-0.4, -0.2) is 41.3 Å². The van der Waals surface area contributed by atoms with E-state index >= 15 is 0 Å². The molecule has 1 amide bonds. The molecule has 1 saturated carbocycles. The number of H-pyrrole nitrogens is 1. The fourth-order valence-electron chi connectivity index (χ4n) is 6.91. The van der Waals surface area contributed by atoms with Crippen LogP contribution in [0, 0.1) is 0 Å². The highest BCUT2D eigenvalue weighted by atomic mass is 16.2. The van der Waals surface area contributed by atoms with E-state index < -0.39 is 0 Å². The third-order valence-corrected chi connectivity index (χ3v) is 8.94. The van der Waals surface area contributed by atoms with Crippen molar-refractivity contribution in [3.8, 4) is 0 Å². The number of hydrogen-bond acceptors (Lipinski definition) is 2. The van der Waals surface area contributed by atoms with Crippen LogP contribution in [0.25, 0.3) is 17.0 Å². The van der Waals surface area contributed by atoms with Gasteiger partial charge in [0.2, 0.25) is 5.91 Å². The van der Waals surface area contributed by atoms with Crippen molar-refractivity contribution in [1.29, 1.82) is 0 Å². The Morgan fingerprint density at radius 1 is 0.865 bits per heavy atom. The van der Waals surface area contributed by atoms with Gasteiger partial charge in [-0.1, -0.05) is 78.9 Å². The maximum Gasteiger partial charge on any atom is 0.247 e. The molecule has 0 saturated heterocycles. The molecule has 2 heterocycles. The second-order valence-corrected chi connectivity index (χ2v) is 10.8. The number of benzene rings is 3. The molecular formula is C33H35N3O. The lowest BCUT2D eigenvalue weighted by atomic mass is 9.65. The normalized spacial score (nSPS) is 23.7. The highest BCUT2D eigenvalue weighted by Crippen LogP contribution is 2.53. The lowest BCUT2D eigenvalue weighted by molar-refractivity contribution is -0.137. The van der Waals surface area contributed by atoms with Crippen molar-refractivity contribution in [3.63, 3.8) is 0 Å². The molecule has 3 aromatic carbocycles. The summed E-state index contributed by atoms with van der Waals surface area (Å²) in [6.45, 7) is 0.743. The maximum atomic E-state index is 13.8. The molecule has 4 nitrogen and oxygen atoms in total. The van der Waals surface area contributed by atoms with Gasteiger partial charge in [0.1, 0.15) is 0 Å². The first-order valence-corrected chi connectivity index (χ1v) is 13.4. The summed E-state index contributed by atoms with van der Waals surface area (Å²) < 4.78 is 0. The van der Waals surface area contributed by atoms with Crippen LogP contribution in [0.5, 0.6) is 0 Å². The standard InChI is InChI=1S/C33H35N3O/c1-35(2)32(26-13-7-4-8-14-26)20-22-33(23-21-32)31-28(27-15-9-10-16-29(27)34-31)19-24-36(33)30(37)18-17-25-11-5-3-6-12-25/h3-18,34H,19-24H2,1-2H3. The highest BCUT2D eigenvalue weighted by Gasteiger charge is 2.52. The number of nitrogens with one attached hydrogen (secondary N) is 1. The number of aromatic nitrogens is 1. The smallest absolute Gasteiger partial charge is 0.247 e. The summed E-state index contributed by atoms with van der Waals surface area (Å²) in [5.74, 6) is 0.102. The van der Waals surface area contributed by atoms with Gasteiger partial charge in [-0.2, -0.15) is 0 Å². The van der Waals surface area contributed by atoms with Gasteiger partial charge in [0.15, 0.2) is 0 Å². The highest BCUT2D eigenvalue weighted by molar-refractivity contribution is 5.93. The van der Waals surface area contributed by atoms with Crippen molar-refractivity contribution in [2.75, 3.05) is 20.6 Å². The Balaban J connectivity index is 1.41. The summed E-state index contributed by atoms with van der Waals surface area (Å²) in [6.07, 6.45) is 8.43. The molecule has 4 heteroatoms. The molecule has 0 atom stereocenters. The first-order chi connectivity index (χ1) is 18.0. The number of para-hydroxylation sites is 1. The van der Waals surface area contributed by atoms with Crippen molar-refractivity contribution in [2.24, 2.45) is 0 Å². The van der Waals surface area contributed by atoms with Crippen LogP contribution in [0.4, 0.5) is 0 Å². The molecule has 6 rings (SSSR count). The van der Waals surface area contributed by atoms with Gasteiger partial charge in [-0.3, -0.25) is 9.69 Å². The summed E-state index contributed by atoms with van der Waals surface area (Å²) in [4.78, 5) is 22.2. The minimum absolute atomic E-state index is 0.0370. The molecule has 1 aliphatic carbocycles. The fraction of sp³-hybridized carbons (Fsp3) is 0.303. The third kappa shape index (κ3) is 3.91. The first-order valence-electron chi connectivity index (χ1n) is 13.4. The number of hydrogen-bond donors (Lipinski definition) is 1. The van der Waals surface area contributed by atoms with Crippen molar-refractivity contribution < 1.29 is 4.79 Å². The average molecular weight is 490 g/mol. The Morgan fingerprint density at radius 3 is 2.22 bits per heavy atom. The zero-order valence-corrected chi connectivity index (χ0v) is 21.8. The van der Waals surface area contributed by atoms with Crippen LogP contribution in [0.1, 0.15) is 48.1 Å². The van der Waals surface area contributed by atoms with Gasteiger partial charge in [-0.25, -0.2) is 0 Å². The Hall–Kier alpha value is -3.63. The lowest BCUT2D eigenvalue weighted by Gasteiger charge is -2.55. The molecule has 0 unspecified atom stereocenters. The van der Waals surface area contributed by atoms with Crippen molar-refractivity contribution >= 4 is 22.9 Å². The molecule has 1 fully saturated rings. The molecule has 1 N–H and O–H groups in total. The molecule has 188 valence electrons. The average Bonchev–Trinajstić information content (AvgIpc) is 3.33. The van der Waals surface area contributed by atoms with Gasteiger partial charge >= 0.3 is 0 Å². The zero-order chi connectivity index (χ0) is 25.5. The minimum atomic E-state index is -0.334. The number of carbonyl (C=O) groups is 1. The summed E-state index contributed by atoms with van der Waals surface area (Å²) in [5, 5.41) is 1.30. The molecular weight excluding hydrogens is 454 g/mol. The number of fused-ring (bicyclic) bond motifs is 4. The molecule has 2 aliphatic rings. The number of amides is 1.